The van der Waals surface area contributed by atoms with Crippen LogP contribution in [-0.4, -0.2) is 46.4 Å². The predicted molar refractivity (Wildman–Crippen MR) is 81.3 cm³/mol. The van der Waals surface area contributed by atoms with Gasteiger partial charge in [0.05, 0.1) is 18.8 Å². The number of halogens is 3. The van der Waals surface area contributed by atoms with E-state index in [4.69, 9.17) is 13.9 Å². The van der Waals surface area contributed by atoms with Crippen LogP contribution in [0, 0.1) is 0 Å². The van der Waals surface area contributed by atoms with Crippen molar-refractivity contribution < 1.29 is 44.5 Å². The van der Waals surface area contributed by atoms with E-state index in [-0.39, 0.29) is 18.7 Å². The van der Waals surface area contributed by atoms with Crippen LogP contribution in [0.2, 0.25) is 0 Å². The van der Waals surface area contributed by atoms with Crippen molar-refractivity contribution in [2.75, 3.05) is 25.2 Å². The van der Waals surface area contributed by atoms with Gasteiger partial charge in [0.25, 0.3) is 0 Å². The van der Waals surface area contributed by atoms with Gasteiger partial charge < -0.3 is 18.1 Å². The fourth-order valence-corrected chi connectivity index (χ4v) is 2.87. The molecule has 0 aliphatic carbocycles. The summed E-state index contributed by atoms with van der Waals surface area (Å²) in [6.45, 7) is 0.396. The van der Waals surface area contributed by atoms with E-state index in [0.717, 1.165) is 12.1 Å². The van der Waals surface area contributed by atoms with Crippen LogP contribution in [-0.2, 0) is 19.6 Å². The topological polar surface area (TPSA) is 95.3 Å². The van der Waals surface area contributed by atoms with Crippen molar-refractivity contribution in [1.82, 2.24) is 0 Å². The van der Waals surface area contributed by atoms with Crippen molar-refractivity contribution in [3.63, 3.8) is 0 Å². The van der Waals surface area contributed by atoms with Crippen LogP contribution in [0.25, 0.3) is 11.0 Å². The van der Waals surface area contributed by atoms with Gasteiger partial charge in [-0.2, -0.15) is 21.6 Å². The molecule has 1 aliphatic heterocycles. The number of hydrogen-bond acceptors (Lipinski definition) is 7. The molecule has 0 spiro atoms. The smallest absolute Gasteiger partial charge is 0.462 e. The quantitative estimate of drug-likeness (QED) is 0.567. The number of carbonyl (C=O) groups excluding carboxylic acids is 1. The Morgan fingerprint density at radius 1 is 1.35 bits per heavy atom. The number of cyclic esters (lactones) is 1. The molecule has 12 heteroatoms. The molecule has 1 aliphatic rings. The van der Waals surface area contributed by atoms with Crippen LogP contribution < -0.4 is 9.08 Å². The third-order valence-electron chi connectivity index (χ3n) is 3.53. The summed E-state index contributed by atoms with van der Waals surface area (Å²) in [5.74, 6) is -0.572. The second-order valence-corrected chi connectivity index (χ2v) is 6.87. The third-order valence-corrected chi connectivity index (χ3v) is 4.51. The van der Waals surface area contributed by atoms with Crippen molar-refractivity contribution in [1.29, 1.82) is 0 Å². The van der Waals surface area contributed by atoms with Crippen molar-refractivity contribution >= 4 is 32.9 Å². The summed E-state index contributed by atoms with van der Waals surface area (Å²) < 4.78 is 78.5. The molecule has 2 aromatic rings. The van der Waals surface area contributed by atoms with E-state index in [9.17, 15) is 26.4 Å². The fourth-order valence-electron chi connectivity index (χ4n) is 2.42. The number of furan rings is 1. The summed E-state index contributed by atoms with van der Waals surface area (Å²) in [6, 6.07) is 3.29. The standard InChI is InChI=1S/C14H12F3NO7S/c1-22-6-9-5-18(13(19)24-9)11-7-23-12-4-8(2-3-10(11)12)25-26(20,21)14(15,16)17/h2-4,7,9H,5-6H2,1H3. The number of hydrogen-bond donors (Lipinski definition) is 0. The largest absolute Gasteiger partial charge is 0.534 e. The molecule has 1 unspecified atom stereocenters. The highest BCUT2D eigenvalue weighted by Crippen LogP contribution is 2.35. The molecule has 0 radical (unpaired) electrons. The molecular weight excluding hydrogens is 383 g/mol. The van der Waals surface area contributed by atoms with E-state index in [1.807, 2.05) is 0 Å². The average molecular weight is 395 g/mol. The molecule has 1 aromatic carbocycles. The minimum absolute atomic E-state index is 0.0397. The maximum absolute atomic E-state index is 12.4. The molecule has 142 valence electrons. The predicted octanol–water partition coefficient (Wildman–Crippen LogP) is 2.63. The highest BCUT2D eigenvalue weighted by molar-refractivity contribution is 7.88. The third kappa shape index (κ3) is 3.29. The van der Waals surface area contributed by atoms with Crippen LogP contribution in [0.4, 0.5) is 23.7 Å². The number of rotatable bonds is 5. The normalized spacial score (nSPS) is 18.4. The van der Waals surface area contributed by atoms with E-state index in [0.29, 0.717) is 11.1 Å². The second-order valence-electron chi connectivity index (χ2n) is 5.33. The van der Waals surface area contributed by atoms with Gasteiger partial charge in [0.1, 0.15) is 23.7 Å². The summed E-state index contributed by atoms with van der Waals surface area (Å²) >= 11 is 0. The number of anilines is 1. The average Bonchev–Trinajstić information content (AvgIpc) is 3.09. The van der Waals surface area contributed by atoms with Gasteiger partial charge in [-0.15, -0.1) is 0 Å². The molecule has 3 rings (SSSR count). The minimum Gasteiger partial charge on any atom is -0.462 e. The Morgan fingerprint density at radius 2 is 2.08 bits per heavy atom. The monoisotopic (exact) mass is 395 g/mol. The molecule has 1 saturated heterocycles. The van der Waals surface area contributed by atoms with Gasteiger partial charge in [-0.05, 0) is 12.1 Å². The molecule has 26 heavy (non-hydrogen) atoms. The Labute approximate surface area is 145 Å². The van der Waals surface area contributed by atoms with Crippen LogP contribution in [0.1, 0.15) is 0 Å². The zero-order valence-electron chi connectivity index (χ0n) is 13.1. The number of fused-ring (bicyclic) bond motifs is 1. The maximum Gasteiger partial charge on any atom is 0.534 e. The Bertz CT molecular complexity index is 938. The number of amides is 1. The Hall–Kier alpha value is -2.47. The number of ether oxygens (including phenoxy) is 2. The van der Waals surface area contributed by atoms with Crippen molar-refractivity contribution in [2.24, 2.45) is 0 Å². The first-order valence-corrected chi connectivity index (χ1v) is 8.52. The molecule has 8 nitrogen and oxygen atoms in total. The molecule has 1 fully saturated rings. The summed E-state index contributed by atoms with van der Waals surface area (Å²) in [6.07, 6.45) is 0.107. The number of nitrogens with zero attached hydrogens (tertiary/aromatic N) is 1. The number of methoxy groups -OCH3 is 1. The summed E-state index contributed by atoms with van der Waals surface area (Å²) in [5.41, 5.74) is -5.18. The van der Waals surface area contributed by atoms with E-state index in [1.165, 1.54) is 24.3 Å². The Morgan fingerprint density at radius 3 is 2.73 bits per heavy atom. The summed E-state index contributed by atoms with van der Waals surface area (Å²) in [7, 11) is -4.33. The van der Waals surface area contributed by atoms with Crippen molar-refractivity contribution in [3.8, 4) is 5.75 Å². The van der Waals surface area contributed by atoms with Crippen LogP contribution in [0.5, 0.6) is 5.75 Å². The first-order valence-electron chi connectivity index (χ1n) is 7.11. The summed E-state index contributed by atoms with van der Waals surface area (Å²) in [5, 5.41) is 0.372. The molecule has 1 amide bonds. The SMILES string of the molecule is COCC1CN(c2coc3cc(OS(=O)(=O)C(F)(F)F)ccc23)C(=O)O1. The van der Waals surface area contributed by atoms with Gasteiger partial charge in [0.2, 0.25) is 0 Å². The van der Waals surface area contributed by atoms with E-state index < -0.39 is 33.6 Å². The lowest BCUT2D eigenvalue weighted by Crippen LogP contribution is -2.28. The molecule has 0 bridgehead atoms. The molecular formula is C14H12F3NO7S. The van der Waals surface area contributed by atoms with Crippen LogP contribution in [0.3, 0.4) is 0 Å². The first kappa shape index (κ1) is 18.3. The zero-order valence-corrected chi connectivity index (χ0v) is 14.0. The number of alkyl halides is 3. The second kappa shape index (κ2) is 6.36. The minimum atomic E-state index is -5.79. The zero-order chi connectivity index (χ0) is 19.1. The van der Waals surface area contributed by atoms with Crippen LogP contribution >= 0.6 is 0 Å². The number of benzene rings is 1. The molecule has 2 heterocycles. The lowest BCUT2D eigenvalue weighted by Gasteiger charge is -2.11. The number of carbonyl (C=O) groups is 1. The molecule has 1 atom stereocenters. The van der Waals surface area contributed by atoms with Gasteiger partial charge in [-0.25, -0.2) is 4.79 Å². The van der Waals surface area contributed by atoms with E-state index >= 15 is 0 Å². The van der Waals surface area contributed by atoms with Gasteiger partial charge in [-0.3, -0.25) is 4.90 Å². The lowest BCUT2D eigenvalue weighted by atomic mass is 10.2. The fraction of sp³-hybridized carbons (Fsp3) is 0.357. The van der Waals surface area contributed by atoms with Crippen LogP contribution in [0.15, 0.2) is 28.9 Å². The highest BCUT2D eigenvalue weighted by atomic mass is 32.2. The van der Waals surface area contributed by atoms with Gasteiger partial charge in [-0.1, -0.05) is 0 Å². The lowest BCUT2D eigenvalue weighted by molar-refractivity contribution is -0.0500. The highest BCUT2D eigenvalue weighted by Gasteiger charge is 2.48. The van der Waals surface area contributed by atoms with Gasteiger partial charge in [0.15, 0.2) is 0 Å². The molecule has 0 N–H and O–H groups in total. The van der Waals surface area contributed by atoms with Crippen molar-refractivity contribution in [3.05, 3.63) is 24.5 Å². The molecule has 1 aromatic heterocycles. The summed E-state index contributed by atoms with van der Waals surface area (Å²) in [4.78, 5) is 13.2. The Balaban J connectivity index is 1.88. The van der Waals surface area contributed by atoms with E-state index in [2.05, 4.69) is 4.18 Å². The van der Waals surface area contributed by atoms with Crippen molar-refractivity contribution in [2.45, 2.75) is 11.6 Å². The van der Waals surface area contributed by atoms with Gasteiger partial charge >= 0.3 is 21.7 Å². The first-order chi connectivity index (χ1) is 12.1. The Kier molecular flexibility index (Phi) is 4.48. The molecule has 0 saturated carbocycles. The van der Waals surface area contributed by atoms with E-state index in [1.54, 1.807) is 0 Å². The maximum atomic E-state index is 12.4. The van der Waals surface area contributed by atoms with Gasteiger partial charge in [0, 0.05) is 18.6 Å².